The number of amides is 1. The Labute approximate surface area is 124 Å². The maximum Gasteiger partial charge on any atom is 0.242 e. The van der Waals surface area contributed by atoms with Gasteiger partial charge in [-0.25, -0.2) is 4.39 Å². The predicted molar refractivity (Wildman–Crippen MR) is 77.0 cm³/mol. The van der Waals surface area contributed by atoms with E-state index in [4.69, 9.17) is 10.5 Å². The molecule has 1 aromatic rings. The van der Waals surface area contributed by atoms with Crippen LogP contribution in [0, 0.1) is 11.7 Å². The SMILES string of the molecule is C[C@@](N)(C(=O)N1CCO[C@@H](c2ccccc2F)C1)C1CC1. The van der Waals surface area contributed by atoms with Crippen molar-refractivity contribution in [3.63, 3.8) is 0 Å². The molecule has 5 heteroatoms. The van der Waals surface area contributed by atoms with Gasteiger partial charge in [0.25, 0.3) is 0 Å². The van der Waals surface area contributed by atoms with Crippen LogP contribution in [0.2, 0.25) is 0 Å². The number of halogens is 1. The van der Waals surface area contributed by atoms with Gasteiger partial charge in [-0.2, -0.15) is 0 Å². The van der Waals surface area contributed by atoms with E-state index in [0.29, 0.717) is 25.3 Å². The average Bonchev–Trinajstić information content (AvgIpc) is 3.32. The standard InChI is InChI=1S/C16H21FN2O2/c1-16(18,11-6-7-11)15(20)19-8-9-21-14(10-19)12-4-2-3-5-13(12)17/h2-5,11,14H,6-10,18H2,1H3/t14-,16+/m1/s1. The zero-order chi connectivity index (χ0) is 15.0. The molecule has 1 aromatic carbocycles. The van der Waals surface area contributed by atoms with Crippen LogP contribution in [0.5, 0.6) is 0 Å². The molecule has 0 aromatic heterocycles. The minimum atomic E-state index is -0.808. The van der Waals surface area contributed by atoms with E-state index in [1.807, 2.05) is 0 Å². The third-order valence-electron chi connectivity index (χ3n) is 4.49. The fourth-order valence-corrected chi connectivity index (χ4v) is 2.96. The third kappa shape index (κ3) is 2.80. The van der Waals surface area contributed by atoms with Crippen LogP contribution in [0.3, 0.4) is 0 Å². The van der Waals surface area contributed by atoms with Gasteiger partial charge in [-0.3, -0.25) is 4.79 Å². The monoisotopic (exact) mass is 292 g/mol. The number of hydrogen-bond donors (Lipinski definition) is 1. The highest BCUT2D eigenvalue weighted by molar-refractivity contribution is 5.86. The van der Waals surface area contributed by atoms with Crippen molar-refractivity contribution >= 4 is 5.91 Å². The van der Waals surface area contributed by atoms with Crippen LogP contribution >= 0.6 is 0 Å². The van der Waals surface area contributed by atoms with E-state index in [2.05, 4.69) is 0 Å². The summed E-state index contributed by atoms with van der Waals surface area (Å²) >= 11 is 0. The summed E-state index contributed by atoms with van der Waals surface area (Å²) in [7, 11) is 0. The van der Waals surface area contributed by atoms with Crippen molar-refractivity contribution in [2.45, 2.75) is 31.4 Å². The molecule has 2 fully saturated rings. The molecule has 114 valence electrons. The number of nitrogens with two attached hydrogens (primary N) is 1. The van der Waals surface area contributed by atoms with Gasteiger partial charge in [0, 0.05) is 12.1 Å². The van der Waals surface area contributed by atoms with Gasteiger partial charge in [0.15, 0.2) is 0 Å². The molecule has 0 spiro atoms. The number of rotatable bonds is 3. The molecule has 1 heterocycles. The van der Waals surface area contributed by atoms with Crippen LogP contribution in [0.15, 0.2) is 24.3 Å². The zero-order valence-electron chi connectivity index (χ0n) is 12.2. The first-order chi connectivity index (χ1) is 10.00. The first-order valence-corrected chi connectivity index (χ1v) is 7.44. The molecule has 1 aliphatic heterocycles. The van der Waals surface area contributed by atoms with E-state index in [-0.39, 0.29) is 17.6 Å². The Morgan fingerprint density at radius 1 is 1.43 bits per heavy atom. The van der Waals surface area contributed by atoms with Gasteiger partial charge in [-0.1, -0.05) is 18.2 Å². The molecule has 2 aliphatic rings. The first-order valence-electron chi connectivity index (χ1n) is 7.44. The smallest absolute Gasteiger partial charge is 0.242 e. The molecule has 0 unspecified atom stereocenters. The second kappa shape index (κ2) is 5.39. The summed E-state index contributed by atoms with van der Waals surface area (Å²) in [6, 6.07) is 6.54. The van der Waals surface area contributed by atoms with Crippen LogP contribution in [0.25, 0.3) is 0 Å². The molecule has 4 nitrogen and oxygen atoms in total. The van der Waals surface area contributed by atoms with Gasteiger partial charge >= 0.3 is 0 Å². The predicted octanol–water partition coefficient (Wildman–Crippen LogP) is 1.85. The first kappa shape index (κ1) is 14.5. The Morgan fingerprint density at radius 2 is 2.14 bits per heavy atom. The fourth-order valence-electron chi connectivity index (χ4n) is 2.96. The van der Waals surface area contributed by atoms with E-state index in [1.54, 1.807) is 30.0 Å². The Balaban J connectivity index is 1.74. The summed E-state index contributed by atoms with van der Waals surface area (Å²) in [4.78, 5) is 14.3. The summed E-state index contributed by atoms with van der Waals surface area (Å²) < 4.78 is 19.5. The molecular formula is C16H21FN2O2. The number of benzene rings is 1. The zero-order valence-corrected chi connectivity index (χ0v) is 12.2. The Morgan fingerprint density at radius 3 is 2.81 bits per heavy atom. The van der Waals surface area contributed by atoms with Gasteiger partial charge in [0.2, 0.25) is 5.91 Å². The molecule has 1 aliphatic carbocycles. The highest BCUT2D eigenvalue weighted by atomic mass is 19.1. The Kier molecular flexibility index (Phi) is 3.71. The number of nitrogens with zero attached hydrogens (tertiary/aromatic N) is 1. The molecule has 1 saturated carbocycles. The fraction of sp³-hybridized carbons (Fsp3) is 0.562. The van der Waals surface area contributed by atoms with Crippen LogP contribution in [-0.4, -0.2) is 36.0 Å². The summed E-state index contributed by atoms with van der Waals surface area (Å²) in [5.41, 5.74) is 5.90. The van der Waals surface area contributed by atoms with Crippen molar-refractivity contribution in [1.29, 1.82) is 0 Å². The van der Waals surface area contributed by atoms with Gasteiger partial charge in [-0.05, 0) is 31.7 Å². The highest BCUT2D eigenvalue weighted by Gasteiger charge is 2.46. The van der Waals surface area contributed by atoms with Crippen molar-refractivity contribution in [2.75, 3.05) is 19.7 Å². The molecule has 3 rings (SSSR count). The largest absolute Gasteiger partial charge is 0.370 e. The normalized spacial score (nSPS) is 25.5. The molecule has 1 amide bonds. The number of hydrogen-bond acceptors (Lipinski definition) is 3. The Hall–Kier alpha value is -1.46. The highest BCUT2D eigenvalue weighted by Crippen LogP contribution is 2.39. The molecule has 1 saturated heterocycles. The van der Waals surface area contributed by atoms with Crippen LogP contribution in [0.4, 0.5) is 4.39 Å². The van der Waals surface area contributed by atoms with E-state index in [0.717, 1.165) is 12.8 Å². The van der Waals surface area contributed by atoms with E-state index < -0.39 is 11.6 Å². The second-order valence-corrected chi connectivity index (χ2v) is 6.19. The third-order valence-corrected chi connectivity index (χ3v) is 4.49. The molecule has 0 radical (unpaired) electrons. The minimum Gasteiger partial charge on any atom is -0.370 e. The van der Waals surface area contributed by atoms with Crippen LogP contribution < -0.4 is 5.73 Å². The Bertz CT molecular complexity index is 543. The van der Waals surface area contributed by atoms with Gasteiger partial charge in [0.05, 0.1) is 18.7 Å². The van der Waals surface area contributed by atoms with Crippen molar-refractivity contribution in [3.8, 4) is 0 Å². The topological polar surface area (TPSA) is 55.6 Å². The molecule has 2 atom stereocenters. The summed E-state index contributed by atoms with van der Waals surface area (Å²) in [5, 5.41) is 0. The van der Waals surface area contributed by atoms with Crippen LogP contribution in [-0.2, 0) is 9.53 Å². The van der Waals surface area contributed by atoms with Crippen molar-refractivity contribution in [1.82, 2.24) is 4.90 Å². The lowest BCUT2D eigenvalue weighted by molar-refractivity contribution is -0.145. The van der Waals surface area contributed by atoms with Gasteiger partial charge < -0.3 is 15.4 Å². The second-order valence-electron chi connectivity index (χ2n) is 6.19. The number of carbonyl (C=O) groups is 1. The average molecular weight is 292 g/mol. The lowest BCUT2D eigenvalue weighted by Crippen LogP contribution is -2.57. The lowest BCUT2D eigenvalue weighted by atomic mass is 9.94. The number of ether oxygens (including phenoxy) is 1. The van der Waals surface area contributed by atoms with Gasteiger partial charge in [-0.15, -0.1) is 0 Å². The maximum atomic E-state index is 13.9. The molecule has 0 bridgehead atoms. The quantitative estimate of drug-likeness (QED) is 0.925. The molecule has 2 N–H and O–H groups in total. The van der Waals surface area contributed by atoms with E-state index >= 15 is 0 Å². The number of carbonyl (C=O) groups excluding carboxylic acids is 1. The van der Waals surface area contributed by atoms with Gasteiger partial charge in [0.1, 0.15) is 11.9 Å². The maximum absolute atomic E-state index is 13.9. The van der Waals surface area contributed by atoms with Crippen LogP contribution in [0.1, 0.15) is 31.4 Å². The molecule has 21 heavy (non-hydrogen) atoms. The minimum absolute atomic E-state index is 0.0466. The van der Waals surface area contributed by atoms with Crippen molar-refractivity contribution < 1.29 is 13.9 Å². The van der Waals surface area contributed by atoms with E-state index in [9.17, 15) is 9.18 Å². The van der Waals surface area contributed by atoms with Crippen molar-refractivity contribution in [2.24, 2.45) is 11.7 Å². The summed E-state index contributed by atoms with van der Waals surface area (Å²) in [6.07, 6.45) is 1.61. The molecular weight excluding hydrogens is 271 g/mol. The van der Waals surface area contributed by atoms with Crippen molar-refractivity contribution in [3.05, 3.63) is 35.6 Å². The lowest BCUT2D eigenvalue weighted by Gasteiger charge is -2.37. The summed E-state index contributed by atoms with van der Waals surface area (Å²) in [6.45, 7) is 3.09. The van der Waals surface area contributed by atoms with E-state index in [1.165, 1.54) is 6.07 Å². The number of morpholine rings is 1. The summed E-state index contributed by atoms with van der Waals surface area (Å²) in [5.74, 6) is -0.0658.